The van der Waals surface area contributed by atoms with Crippen LogP contribution >= 0.6 is 23.2 Å². The molecule has 0 aliphatic carbocycles. The lowest BCUT2D eigenvalue weighted by Gasteiger charge is -2.05. The molecule has 0 aliphatic rings. The molecule has 2 aromatic heterocycles. The normalized spacial score (nSPS) is 10.8. The second-order valence-electron chi connectivity index (χ2n) is 5.94. The van der Waals surface area contributed by atoms with E-state index >= 15 is 0 Å². The smallest absolute Gasteiger partial charge is 0.286 e. The highest BCUT2D eigenvalue weighted by Gasteiger charge is 2.11. The lowest BCUT2D eigenvalue weighted by Crippen LogP contribution is -2.24. The van der Waals surface area contributed by atoms with Gasteiger partial charge in [0, 0.05) is 24.3 Å². The Hall–Kier alpha value is -2.44. The molecule has 142 valence electrons. The van der Waals surface area contributed by atoms with Crippen molar-refractivity contribution in [3.63, 3.8) is 0 Å². The number of aryl methyl sites for hydroxylation is 2. The first kappa shape index (κ1) is 19.3. The highest BCUT2D eigenvalue weighted by molar-refractivity contribution is 6.31. The Morgan fingerprint density at radius 2 is 2.00 bits per heavy atom. The van der Waals surface area contributed by atoms with Gasteiger partial charge in [0.2, 0.25) is 0 Å². The Morgan fingerprint density at radius 3 is 2.70 bits per heavy atom. The lowest BCUT2D eigenvalue weighted by atomic mass is 10.3. The first-order valence-corrected chi connectivity index (χ1v) is 9.21. The molecule has 0 spiro atoms. The summed E-state index contributed by atoms with van der Waals surface area (Å²) in [4.78, 5) is 12.1. The van der Waals surface area contributed by atoms with Crippen LogP contribution < -0.4 is 10.1 Å². The summed E-state index contributed by atoms with van der Waals surface area (Å²) in [6, 6.07) is 10.4. The van der Waals surface area contributed by atoms with Gasteiger partial charge in [-0.2, -0.15) is 5.10 Å². The van der Waals surface area contributed by atoms with Gasteiger partial charge in [-0.1, -0.05) is 23.2 Å². The molecule has 0 atom stereocenters. The Labute approximate surface area is 167 Å². The van der Waals surface area contributed by atoms with Gasteiger partial charge in [0.1, 0.15) is 18.1 Å². The molecule has 0 saturated carbocycles. The first-order valence-electron chi connectivity index (χ1n) is 8.46. The fraction of sp³-hybridized carbons (Fsp3) is 0.263. The first-order chi connectivity index (χ1) is 13.0. The minimum atomic E-state index is -0.262. The molecular weight excluding hydrogens is 389 g/mol. The maximum Gasteiger partial charge on any atom is 0.286 e. The number of amides is 1. The average Bonchev–Trinajstić information content (AvgIpc) is 3.25. The highest BCUT2D eigenvalue weighted by Crippen LogP contribution is 2.18. The van der Waals surface area contributed by atoms with E-state index in [1.165, 1.54) is 0 Å². The molecule has 1 amide bonds. The van der Waals surface area contributed by atoms with E-state index in [0.29, 0.717) is 34.6 Å². The van der Waals surface area contributed by atoms with Crippen LogP contribution in [0.15, 0.2) is 47.0 Å². The maximum absolute atomic E-state index is 12.1. The number of halogens is 2. The van der Waals surface area contributed by atoms with E-state index in [2.05, 4.69) is 10.4 Å². The Kier molecular flexibility index (Phi) is 6.42. The third-order valence-corrected chi connectivity index (χ3v) is 4.44. The van der Waals surface area contributed by atoms with Gasteiger partial charge in [0.05, 0.1) is 10.7 Å². The molecule has 0 fully saturated rings. The van der Waals surface area contributed by atoms with Crippen LogP contribution in [0.3, 0.4) is 0 Å². The minimum absolute atomic E-state index is 0.230. The number of carbonyl (C=O) groups is 1. The van der Waals surface area contributed by atoms with Gasteiger partial charge in [-0.15, -0.1) is 0 Å². The van der Waals surface area contributed by atoms with Crippen LogP contribution in [-0.2, 0) is 13.2 Å². The number of nitrogens with one attached hydrogen (secondary N) is 1. The highest BCUT2D eigenvalue weighted by atomic mass is 35.5. The van der Waals surface area contributed by atoms with Crippen molar-refractivity contribution in [3.8, 4) is 5.75 Å². The van der Waals surface area contributed by atoms with Crippen LogP contribution in [0, 0.1) is 6.92 Å². The Balaban J connectivity index is 1.41. The summed E-state index contributed by atoms with van der Waals surface area (Å²) in [5, 5.41) is 8.38. The van der Waals surface area contributed by atoms with E-state index in [-0.39, 0.29) is 18.3 Å². The molecular formula is C19H19Cl2N3O3. The van der Waals surface area contributed by atoms with E-state index in [0.717, 1.165) is 12.1 Å². The number of aromatic nitrogens is 2. The van der Waals surface area contributed by atoms with E-state index in [1.807, 2.05) is 6.92 Å². The summed E-state index contributed by atoms with van der Waals surface area (Å²) >= 11 is 11.8. The van der Waals surface area contributed by atoms with Crippen LogP contribution in [-0.4, -0.2) is 22.2 Å². The molecule has 0 bridgehead atoms. The summed E-state index contributed by atoms with van der Waals surface area (Å²) in [7, 11) is 0. The third kappa shape index (κ3) is 5.52. The topological polar surface area (TPSA) is 69.3 Å². The lowest BCUT2D eigenvalue weighted by molar-refractivity contribution is 0.0921. The van der Waals surface area contributed by atoms with Crippen molar-refractivity contribution in [3.05, 3.63) is 69.9 Å². The zero-order valence-corrected chi connectivity index (χ0v) is 16.3. The minimum Gasteiger partial charge on any atom is -0.486 e. The van der Waals surface area contributed by atoms with Gasteiger partial charge in [-0.3, -0.25) is 9.48 Å². The van der Waals surface area contributed by atoms with Gasteiger partial charge in [0.15, 0.2) is 5.76 Å². The standard InChI is InChI=1S/C19H19Cl2N3O3/c1-13-17(21)11-24(23-13)10-2-9-22-19(25)18-8-7-16(27-18)12-26-15-5-3-14(20)4-6-15/h3-8,11H,2,9-10,12H2,1H3,(H,22,25). The Bertz CT molecular complexity index is 884. The van der Waals surface area contributed by atoms with Gasteiger partial charge in [-0.05, 0) is 49.7 Å². The van der Waals surface area contributed by atoms with Crippen molar-refractivity contribution in [2.45, 2.75) is 26.5 Å². The number of nitrogens with zero attached hydrogens (tertiary/aromatic N) is 2. The summed E-state index contributed by atoms with van der Waals surface area (Å²) in [5.41, 5.74) is 0.796. The molecule has 0 radical (unpaired) electrons. The number of hydrogen-bond acceptors (Lipinski definition) is 4. The van der Waals surface area contributed by atoms with Crippen molar-refractivity contribution in [1.29, 1.82) is 0 Å². The molecule has 1 N–H and O–H groups in total. The van der Waals surface area contributed by atoms with Crippen LogP contribution in [0.25, 0.3) is 0 Å². The molecule has 3 aromatic rings. The van der Waals surface area contributed by atoms with Crippen molar-refractivity contribution in [2.75, 3.05) is 6.54 Å². The van der Waals surface area contributed by atoms with Crippen molar-refractivity contribution < 1.29 is 13.9 Å². The molecule has 8 heteroatoms. The zero-order chi connectivity index (χ0) is 19.2. The van der Waals surface area contributed by atoms with Crippen LogP contribution in [0.5, 0.6) is 5.75 Å². The van der Waals surface area contributed by atoms with E-state index in [9.17, 15) is 4.79 Å². The van der Waals surface area contributed by atoms with Crippen molar-refractivity contribution >= 4 is 29.1 Å². The van der Waals surface area contributed by atoms with Gasteiger partial charge < -0.3 is 14.5 Å². The van der Waals surface area contributed by atoms with Crippen LogP contribution in [0.2, 0.25) is 10.0 Å². The van der Waals surface area contributed by atoms with Gasteiger partial charge in [-0.25, -0.2) is 0 Å². The van der Waals surface area contributed by atoms with Crippen LogP contribution in [0.1, 0.15) is 28.4 Å². The molecule has 2 heterocycles. The van der Waals surface area contributed by atoms with Gasteiger partial charge in [0.25, 0.3) is 5.91 Å². The fourth-order valence-corrected chi connectivity index (χ4v) is 2.68. The number of ether oxygens (including phenoxy) is 1. The number of rotatable bonds is 8. The summed E-state index contributed by atoms with van der Waals surface area (Å²) < 4.78 is 12.9. The number of carbonyl (C=O) groups excluding carboxylic acids is 1. The quantitative estimate of drug-likeness (QED) is 0.558. The Morgan fingerprint density at radius 1 is 1.22 bits per heavy atom. The van der Waals surface area contributed by atoms with Crippen molar-refractivity contribution in [2.24, 2.45) is 0 Å². The van der Waals surface area contributed by atoms with E-state index in [1.54, 1.807) is 47.3 Å². The molecule has 27 heavy (non-hydrogen) atoms. The van der Waals surface area contributed by atoms with Gasteiger partial charge >= 0.3 is 0 Å². The van der Waals surface area contributed by atoms with Crippen molar-refractivity contribution in [1.82, 2.24) is 15.1 Å². The zero-order valence-electron chi connectivity index (χ0n) is 14.7. The van der Waals surface area contributed by atoms with E-state index in [4.69, 9.17) is 32.4 Å². The number of hydrogen-bond donors (Lipinski definition) is 1. The van der Waals surface area contributed by atoms with Crippen LogP contribution in [0.4, 0.5) is 0 Å². The molecule has 0 unspecified atom stereocenters. The summed E-state index contributed by atoms with van der Waals surface area (Å²) in [5.74, 6) is 1.23. The maximum atomic E-state index is 12.1. The monoisotopic (exact) mass is 407 g/mol. The second kappa shape index (κ2) is 8.97. The predicted molar refractivity (Wildman–Crippen MR) is 103 cm³/mol. The molecule has 6 nitrogen and oxygen atoms in total. The number of benzene rings is 1. The molecule has 0 saturated heterocycles. The summed E-state index contributed by atoms with van der Waals surface area (Å²) in [6.07, 6.45) is 2.51. The largest absolute Gasteiger partial charge is 0.486 e. The summed E-state index contributed by atoms with van der Waals surface area (Å²) in [6.45, 7) is 3.26. The van der Waals surface area contributed by atoms with E-state index < -0.39 is 0 Å². The average molecular weight is 408 g/mol. The predicted octanol–water partition coefficient (Wildman–Crippen LogP) is 4.49. The third-order valence-electron chi connectivity index (χ3n) is 3.82. The SMILES string of the molecule is Cc1nn(CCCNC(=O)c2ccc(COc3ccc(Cl)cc3)o2)cc1Cl. The molecule has 0 aliphatic heterocycles. The number of furan rings is 1. The second-order valence-corrected chi connectivity index (χ2v) is 6.79. The fourth-order valence-electron chi connectivity index (χ4n) is 2.40. The molecule has 3 rings (SSSR count). The molecule has 1 aromatic carbocycles.